The van der Waals surface area contributed by atoms with E-state index in [1.165, 1.54) is 22.3 Å². The maximum atomic E-state index is 6.53. The molecule has 0 aliphatic heterocycles. The Kier molecular flexibility index (Phi) is 8.01. The van der Waals surface area contributed by atoms with Gasteiger partial charge in [-0.3, -0.25) is 0 Å². The fraction of sp³-hybridized carbons (Fsp3) is 0.0816. The van der Waals surface area contributed by atoms with E-state index in [0.717, 1.165) is 55.3 Å². The van der Waals surface area contributed by atoms with Crippen LogP contribution in [0, 0.1) is 0 Å². The van der Waals surface area contributed by atoms with E-state index in [1.54, 1.807) is 0 Å². The lowest BCUT2D eigenvalue weighted by atomic mass is 9.87. The summed E-state index contributed by atoms with van der Waals surface area (Å²) in [5.74, 6) is 1.84. The minimum atomic E-state index is 0.0436. The van der Waals surface area contributed by atoms with E-state index >= 15 is 0 Å². The summed E-state index contributed by atoms with van der Waals surface area (Å²) >= 11 is 0. The molecular weight excluding hydrogens is 647 g/mol. The van der Waals surface area contributed by atoms with E-state index in [1.807, 2.05) is 18.2 Å². The van der Waals surface area contributed by atoms with Crippen molar-refractivity contribution in [1.29, 1.82) is 0 Å². The molecule has 0 radical (unpaired) electrons. The quantitative estimate of drug-likeness (QED) is 0.175. The van der Waals surface area contributed by atoms with Crippen LogP contribution in [0.1, 0.15) is 26.3 Å². The molecular formula is C49H37N3O. The van der Waals surface area contributed by atoms with Gasteiger partial charge in [-0.25, -0.2) is 15.0 Å². The molecule has 0 atom stereocenters. The van der Waals surface area contributed by atoms with Gasteiger partial charge in [0.1, 0.15) is 11.2 Å². The summed E-state index contributed by atoms with van der Waals surface area (Å²) in [5, 5.41) is 2.14. The van der Waals surface area contributed by atoms with Crippen molar-refractivity contribution in [1.82, 2.24) is 15.0 Å². The van der Waals surface area contributed by atoms with E-state index in [-0.39, 0.29) is 5.41 Å². The number of nitrogens with zero attached hydrogens (tertiary/aromatic N) is 3. The summed E-state index contributed by atoms with van der Waals surface area (Å²) in [4.78, 5) is 15.1. The van der Waals surface area contributed by atoms with Crippen molar-refractivity contribution in [3.05, 3.63) is 175 Å². The Bertz CT molecular complexity index is 2710. The Hall–Kier alpha value is -6.65. The van der Waals surface area contributed by atoms with Crippen LogP contribution in [0.15, 0.2) is 174 Å². The number of hydrogen-bond acceptors (Lipinski definition) is 4. The van der Waals surface area contributed by atoms with Crippen LogP contribution in [0.2, 0.25) is 0 Å². The van der Waals surface area contributed by atoms with Crippen LogP contribution in [0.25, 0.3) is 89.5 Å². The van der Waals surface area contributed by atoms with E-state index in [4.69, 9.17) is 19.4 Å². The summed E-state index contributed by atoms with van der Waals surface area (Å²) in [6.07, 6.45) is 0. The zero-order valence-corrected chi connectivity index (χ0v) is 29.9. The van der Waals surface area contributed by atoms with Gasteiger partial charge in [-0.1, -0.05) is 172 Å². The summed E-state index contributed by atoms with van der Waals surface area (Å²) in [6, 6.07) is 59.1. The number of hydrogen-bond donors (Lipinski definition) is 0. The minimum Gasteiger partial charge on any atom is -0.456 e. The normalized spacial score (nSPS) is 11.7. The highest BCUT2D eigenvalue weighted by Gasteiger charge is 2.18. The molecule has 7 aromatic carbocycles. The topological polar surface area (TPSA) is 51.8 Å². The molecule has 0 amide bonds. The molecule has 53 heavy (non-hydrogen) atoms. The molecule has 9 rings (SSSR count). The minimum absolute atomic E-state index is 0.0436. The smallest absolute Gasteiger partial charge is 0.164 e. The Balaban J connectivity index is 1.13. The van der Waals surface area contributed by atoms with Crippen molar-refractivity contribution in [2.45, 2.75) is 26.2 Å². The van der Waals surface area contributed by atoms with Gasteiger partial charge < -0.3 is 4.42 Å². The highest BCUT2D eigenvalue weighted by atomic mass is 16.3. The largest absolute Gasteiger partial charge is 0.456 e. The fourth-order valence-corrected chi connectivity index (χ4v) is 7.00. The van der Waals surface area contributed by atoms with E-state index in [2.05, 4.69) is 172 Å². The Labute approximate surface area is 309 Å². The van der Waals surface area contributed by atoms with Crippen LogP contribution in [0.3, 0.4) is 0 Å². The first-order valence-corrected chi connectivity index (χ1v) is 18.0. The molecule has 0 saturated carbocycles. The third kappa shape index (κ3) is 6.30. The third-order valence-corrected chi connectivity index (χ3v) is 9.95. The average Bonchev–Trinajstić information content (AvgIpc) is 3.59. The Morgan fingerprint density at radius 1 is 0.377 bits per heavy atom. The zero-order chi connectivity index (χ0) is 35.9. The van der Waals surface area contributed by atoms with Gasteiger partial charge in [0.15, 0.2) is 17.5 Å². The lowest BCUT2D eigenvalue weighted by Crippen LogP contribution is -2.10. The molecule has 0 saturated heterocycles. The molecule has 0 unspecified atom stereocenters. The number of furan rings is 1. The first-order chi connectivity index (χ1) is 25.9. The van der Waals surface area contributed by atoms with Gasteiger partial charge in [0, 0.05) is 27.5 Å². The predicted molar refractivity (Wildman–Crippen MR) is 218 cm³/mol. The second kappa shape index (κ2) is 13.2. The molecule has 4 heteroatoms. The van der Waals surface area contributed by atoms with Crippen LogP contribution >= 0.6 is 0 Å². The monoisotopic (exact) mass is 683 g/mol. The van der Waals surface area contributed by atoms with Crippen LogP contribution in [-0.2, 0) is 5.41 Å². The predicted octanol–water partition coefficient (Wildman–Crippen LogP) is 13.1. The van der Waals surface area contributed by atoms with Gasteiger partial charge in [0.2, 0.25) is 0 Å². The molecule has 0 fully saturated rings. The maximum absolute atomic E-state index is 6.53. The molecule has 0 N–H and O–H groups in total. The molecule has 0 spiro atoms. The molecule has 0 aliphatic carbocycles. The molecule has 0 aliphatic rings. The lowest BCUT2D eigenvalue weighted by Gasteiger charge is -2.19. The Morgan fingerprint density at radius 2 is 0.830 bits per heavy atom. The van der Waals surface area contributed by atoms with Crippen LogP contribution in [0.5, 0.6) is 0 Å². The van der Waals surface area contributed by atoms with E-state index in [0.29, 0.717) is 17.5 Å². The summed E-state index contributed by atoms with van der Waals surface area (Å²) < 4.78 is 6.53. The third-order valence-electron chi connectivity index (χ3n) is 9.95. The van der Waals surface area contributed by atoms with Gasteiger partial charge in [0.05, 0.1) is 0 Å². The number of benzene rings is 7. The number of rotatable bonds is 6. The van der Waals surface area contributed by atoms with Crippen LogP contribution in [-0.4, -0.2) is 15.0 Å². The summed E-state index contributed by atoms with van der Waals surface area (Å²) in [7, 11) is 0. The maximum Gasteiger partial charge on any atom is 0.164 e. The number of fused-ring (bicyclic) bond motifs is 3. The highest BCUT2D eigenvalue weighted by Crippen LogP contribution is 2.39. The Morgan fingerprint density at radius 3 is 1.38 bits per heavy atom. The molecule has 0 bridgehead atoms. The van der Waals surface area contributed by atoms with Crippen LogP contribution in [0.4, 0.5) is 0 Å². The van der Waals surface area contributed by atoms with Gasteiger partial charge in [-0.2, -0.15) is 0 Å². The summed E-state index contributed by atoms with van der Waals surface area (Å²) in [5.41, 5.74) is 12.6. The van der Waals surface area contributed by atoms with Gasteiger partial charge in [0.25, 0.3) is 0 Å². The fourth-order valence-electron chi connectivity index (χ4n) is 7.00. The second-order valence-electron chi connectivity index (χ2n) is 14.5. The molecule has 4 nitrogen and oxygen atoms in total. The molecule has 9 aromatic rings. The van der Waals surface area contributed by atoms with Crippen molar-refractivity contribution in [2.75, 3.05) is 0 Å². The lowest BCUT2D eigenvalue weighted by molar-refractivity contribution is 0.590. The SMILES string of the molecule is CC(C)(C)c1ccc(-c2nc(-c3ccc(-c4ccccc4)cc3)nc(-c3ccc4c(c3)oc3cccc(-c5ccc(-c6ccccc6)cc5)c34)n2)cc1. The molecule has 2 aromatic heterocycles. The molecule has 254 valence electrons. The highest BCUT2D eigenvalue weighted by molar-refractivity contribution is 6.13. The average molecular weight is 684 g/mol. The van der Waals surface area contributed by atoms with Crippen molar-refractivity contribution in [3.63, 3.8) is 0 Å². The van der Waals surface area contributed by atoms with Crippen LogP contribution < -0.4 is 0 Å². The van der Waals surface area contributed by atoms with Crippen molar-refractivity contribution in [2.24, 2.45) is 0 Å². The first kappa shape index (κ1) is 32.3. The summed E-state index contributed by atoms with van der Waals surface area (Å²) in [6.45, 7) is 6.66. The van der Waals surface area contributed by atoms with Gasteiger partial charge in [-0.15, -0.1) is 0 Å². The van der Waals surface area contributed by atoms with Crippen molar-refractivity contribution in [3.8, 4) is 67.5 Å². The van der Waals surface area contributed by atoms with E-state index < -0.39 is 0 Å². The van der Waals surface area contributed by atoms with E-state index in [9.17, 15) is 0 Å². The first-order valence-electron chi connectivity index (χ1n) is 18.0. The second-order valence-corrected chi connectivity index (χ2v) is 14.5. The van der Waals surface area contributed by atoms with Gasteiger partial charge in [-0.05, 0) is 62.6 Å². The van der Waals surface area contributed by atoms with Crippen molar-refractivity contribution < 1.29 is 4.42 Å². The van der Waals surface area contributed by atoms with Crippen molar-refractivity contribution >= 4 is 21.9 Å². The standard InChI is InChI=1S/C49H37N3O/c1-49(2,3)40-28-25-38(26-29-40)47-50-46(37-23-19-35(20-24-37)33-13-8-5-9-14-33)51-48(52-47)39-27-30-42-44(31-39)53-43-16-10-15-41(45(42)43)36-21-17-34(18-22-36)32-11-6-4-7-12-32/h4-31H,1-3H3. The number of aromatic nitrogens is 3. The van der Waals surface area contributed by atoms with Gasteiger partial charge >= 0.3 is 0 Å². The zero-order valence-electron chi connectivity index (χ0n) is 29.9. The molecule has 2 heterocycles.